The number of aromatic nitrogens is 1. The van der Waals surface area contributed by atoms with Crippen LogP contribution < -0.4 is 10.7 Å². The molecule has 0 aliphatic carbocycles. The van der Waals surface area contributed by atoms with Crippen LogP contribution in [0.1, 0.15) is 5.56 Å². The summed E-state index contributed by atoms with van der Waals surface area (Å²) in [4.78, 5) is 18.5. The van der Waals surface area contributed by atoms with Gasteiger partial charge in [0, 0.05) is 32.7 Å². The highest BCUT2D eigenvalue weighted by Gasteiger charge is 2.20. The zero-order valence-electron chi connectivity index (χ0n) is 13.6. The van der Waals surface area contributed by atoms with Gasteiger partial charge < -0.3 is 9.32 Å². The van der Waals surface area contributed by atoms with Crippen LogP contribution in [-0.4, -0.2) is 36.1 Å². The lowest BCUT2D eigenvalue weighted by molar-refractivity contribution is 0.250. The number of nitrogens with zero attached hydrogens (tertiary/aromatic N) is 2. The van der Waals surface area contributed by atoms with Gasteiger partial charge in [0.2, 0.25) is 0 Å². The van der Waals surface area contributed by atoms with Crippen LogP contribution in [0.25, 0.3) is 11.1 Å². The number of halogens is 2. The summed E-state index contributed by atoms with van der Waals surface area (Å²) in [5, 5.41) is 0. The monoisotopic (exact) mass is 363 g/mol. The number of oxazole rings is 1. The third-order valence-corrected chi connectivity index (χ3v) is 4.50. The van der Waals surface area contributed by atoms with Gasteiger partial charge in [-0.2, -0.15) is 0 Å². The molecule has 1 aliphatic heterocycles. The first-order valence-corrected chi connectivity index (χ1v) is 8.03. The minimum absolute atomic E-state index is 0. The van der Waals surface area contributed by atoms with Crippen LogP contribution in [0, 0.1) is 5.82 Å². The van der Waals surface area contributed by atoms with Gasteiger partial charge in [-0.15, -0.1) is 12.4 Å². The van der Waals surface area contributed by atoms with Crippen LogP contribution >= 0.6 is 12.4 Å². The first-order valence-electron chi connectivity index (χ1n) is 8.03. The number of fused-ring (bicyclic) bond motifs is 1. The zero-order valence-corrected chi connectivity index (χ0v) is 14.4. The molecular formula is C18H19ClFN3O2. The van der Waals surface area contributed by atoms with Gasteiger partial charge in [-0.25, -0.2) is 9.18 Å². The van der Waals surface area contributed by atoms with Gasteiger partial charge in [-0.3, -0.25) is 9.88 Å². The van der Waals surface area contributed by atoms with Crippen molar-refractivity contribution in [3.05, 3.63) is 64.4 Å². The van der Waals surface area contributed by atoms with Crippen molar-refractivity contribution in [3.63, 3.8) is 0 Å². The second-order valence-corrected chi connectivity index (χ2v) is 6.02. The Hall–Kier alpha value is -2.31. The Morgan fingerprint density at radius 1 is 1.04 bits per heavy atom. The van der Waals surface area contributed by atoms with Gasteiger partial charge in [0.15, 0.2) is 5.58 Å². The molecule has 2 aromatic carbocycles. The third-order valence-electron chi connectivity index (χ3n) is 4.50. The third kappa shape index (κ3) is 3.55. The molecule has 0 atom stereocenters. The van der Waals surface area contributed by atoms with E-state index in [1.165, 1.54) is 6.07 Å². The summed E-state index contributed by atoms with van der Waals surface area (Å²) in [6.45, 7) is 3.97. The zero-order chi connectivity index (χ0) is 16.5. The van der Waals surface area contributed by atoms with Crippen LogP contribution in [0.4, 0.5) is 10.1 Å². The van der Waals surface area contributed by atoms with E-state index in [0.717, 1.165) is 43.8 Å². The molecule has 1 fully saturated rings. The van der Waals surface area contributed by atoms with Gasteiger partial charge in [0.05, 0.1) is 11.2 Å². The number of rotatable bonds is 3. The Labute approximate surface area is 150 Å². The van der Waals surface area contributed by atoms with Gasteiger partial charge in [0.25, 0.3) is 0 Å². The van der Waals surface area contributed by atoms with E-state index in [9.17, 15) is 9.18 Å². The number of piperazine rings is 1. The van der Waals surface area contributed by atoms with E-state index in [0.29, 0.717) is 11.3 Å². The Bertz CT molecular complexity index is 916. The van der Waals surface area contributed by atoms with E-state index in [2.05, 4.69) is 14.8 Å². The molecule has 132 valence electrons. The maximum absolute atomic E-state index is 13.9. The van der Waals surface area contributed by atoms with E-state index in [1.54, 1.807) is 12.1 Å². The van der Waals surface area contributed by atoms with E-state index < -0.39 is 5.76 Å². The fourth-order valence-electron chi connectivity index (χ4n) is 3.26. The molecule has 1 saturated heterocycles. The molecular weight excluding hydrogens is 345 g/mol. The maximum Gasteiger partial charge on any atom is 0.417 e. The van der Waals surface area contributed by atoms with Crippen molar-refractivity contribution in [3.8, 4) is 0 Å². The summed E-state index contributed by atoms with van der Waals surface area (Å²) < 4.78 is 19.0. The van der Waals surface area contributed by atoms with Crippen LogP contribution in [0.2, 0.25) is 0 Å². The molecule has 0 radical (unpaired) electrons. The molecule has 1 aliphatic rings. The summed E-state index contributed by atoms with van der Waals surface area (Å²) in [5.74, 6) is -0.603. The van der Waals surface area contributed by atoms with Crippen molar-refractivity contribution in [2.75, 3.05) is 31.1 Å². The first kappa shape index (κ1) is 17.5. The molecule has 2 heterocycles. The Morgan fingerprint density at radius 2 is 1.80 bits per heavy atom. The fraction of sp³-hybridized carbons (Fsp3) is 0.278. The molecule has 0 bridgehead atoms. The number of hydrogen-bond acceptors (Lipinski definition) is 4. The Kier molecular flexibility index (Phi) is 5.11. The lowest BCUT2D eigenvalue weighted by atomic mass is 10.1. The molecule has 7 heteroatoms. The second kappa shape index (κ2) is 7.29. The molecule has 0 amide bonds. The number of hydrogen-bond donors (Lipinski definition) is 1. The fourth-order valence-corrected chi connectivity index (χ4v) is 3.26. The Balaban J connectivity index is 0.00000182. The highest BCUT2D eigenvalue weighted by atomic mass is 35.5. The summed E-state index contributed by atoms with van der Waals surface area (Å²) in [7, 11) is 0. The van der Waals surface area contributed by atoms with Crippen LogP contribution in [0.5, 0.6) is 0 Å². The molecule has 0 saturated carbocycles. The van der Waals surface area contributed by atoms with E-state index in [4.69, 9.17) is 4.42 Å². The molecule has 0 unspecified atom stereocenters. The smallest absolute Gasteiger partial charge is 0.408 e. The van der Waals surface area contributed by atoms with Gasteiger partial charge >= 0.3 is 5.76 Å². The molecule has 25 heavy (non-hydrogen) atoms. The molecule has 3 aromatic rings. The lowest BCUT2D eigenvalue weighted by Crippen LogP contribution is -2.46. The van der Waals surface area contributed by atoms with Crippen molar-refractivity contribution in [1.29, 1.82) is 0 Å². The highest BCUT2D eigenvalue weighted by molar-refractivity contribution is 5.85. The number of H-pyrrole nitrogens is 1. The van der Waals surface area contributed by atoms with Crippen LogP contribution in [0.3, 0.4) is 0 Å². The Morgan fingerprint density at radius 3 is 2.56 bits per heavy atom. The molecule has 1 N–H and O–H groups in total. The molecule has 0 spiro atoms. The van der Waals surface area contributed by atoms with Crippen LogP contribution in [-0.2, 0) is 6.54 Å². The van der Waals surface area contributed by atoms with Crippen molar-refractivity contribution in [2.24, 2.45) is 0 Å². The maximum atomic E-state index is 13.9. The SMILES string of the molecule is Cl.O=c1[nH]c2c(CN3CCN(c4ccccc4F)CC3)cccc2o1. The largest absolute Gasteiger partial charge is 0.417 e. The number of para-hydroxylation sites is 2. The number of anilines is 1. The number of nitrogens with one attached hydrogen (secondary N) is 1. The number of aromatic amines is 1. The summed E-state index contributed by atoms with van der Waals surface area (Å²) in [5.41, 5.74) is 3.05. The molecule has 5 nitrogen and oxygen atoms in total. The predicted molar refractivity (Wildman–Crippen MR) is 98.0 cm³/mol. The van der Waals surface area contributed by atoms with Crippen LogP contribution in [0.15, 0.2) is 51.7 Å². The minimum Gasteiger partial charge on any atom is -0.408 e. The van der Waals surface area contributed by atoms with Gasteiger partial charge in [0.1, 0.15) is 5.82 Å². The van der Waals surface area contributed by atoms with Crippen molar-refractivity contribution < 1.29 is 8.81 Å². The molecule has 4 rings (SSSR count). The van der Waals surface area contributed by atoms with Crippen molar-refractivity contribution in [2.45, 2.75) is 6.54 Å². The van der Waals surface area contributed by atoms with Gasteiger partial charge in [-0.05, 0) is 23.8 Å². The van der Waals surface area contributed by atoms with Crippen molar-refractivity contribution in [1.82, 2.24) is 9.88 Å². The number of benzene rings is 2. The summed E-state index contributed by atoms with van der Waals surface area (Å²) in [6.07, 6.45) is 0. The van der Waals surface area contributed by atoms with E-state index in [-0.39, 0.29) is 18.2 Å². The van der Waals surface area contributed by atoms with Crippen molar-refractivity contribution >= 4 is 29.2 Å². The summed E-state index contributed by atoms with van der Waals surface area (Å²) in [6, 6.07) is 12.6. The average Bonchev–Trinajstić information content (AvgIpc) is 2.98. The highest BCUT2D eigenvalue weighted by Crippen LogP contribution is 2.22. The topological polar surface area (TPSA) is 52.5 Å². The van der Waals surface area contributed by atoms with E-state index >= 15 is 0 Å². The summed E-state index contributed by atoms with van der Waals surface area (Å²) >= 11 is 0. The van der Waals surface area contributed by atoms with Gasteiger partial charge in [-0.1, -0.05) is 24.3 Å². The van der Waals surface area contributed by atoms with E-state index in [1.807, 2.05) is 24.3 Å². The predicted octanol–water partition coefficient (Wildman–Crippen LogP) is 3.00. The standard InChI is InChI=1S/C18H18FN3O2.ClH/c19-14-5-1-2-6-15(14)22-10-8-21(9-11-22)12-13-4-3-7-16-17(13)20-18(23)24-16;/h1-7H,8-12H2,(H,20,23);1H. The minimum atomic E-state index is -0.429. The first-order chi connectivity index (χ1) is 11.7. The lowest BCUT2D eigenvalue weighted by Gasteiger charge is -2.36. The average molecular weight is 364 g/mol. The second-order valence-electron chi connectivity index (χ2n) is 6.02. The quantitative estimate of drug-likeness (QED) is 0.777. The molecule has 1 aromatic heterocycles. The normalized spacial score (nSPS) is 15.3.